The maximum absolute atomic E-state index is 11.6. The lowest BCUT2D eigenvalue weighted by Crippen LogP contribution is -2.32. The quantitative estimate of drug-likeness (QED) is 0.822. The Morgan fingerprint density at radius 3 is 2.63 bits per heavy atom. The Hall–Kier alpha value is -1.29. The third-order valence-electron chi connectivity index (χ3n) is 3.48. The number of hydrogen-bond acceptors (Lipinski definition) is 3. The molecule has 1 rings (SSSR count). The van der Waals surface area contributed by atoms with Crippen LogP contribution in [-0.4, -0.2) is 29.1 Å². The molecule has 0 amide bonds. The topological polar surface area (TPSA) is 51.3 Å². The molecule has 1 heterocycles. The maximum atomic E-state index is 11.6. The van der Waals surface area contributed by atoms with Gasteiger partial charge in [0.15, 0.2) is 0 Å². The van der Waals surface area contributed by atoms with E-state index in [1.165, 1.54) is 12.5 Å². The fraction of sp³-hybridized carbons (Fsp3) is 0.667. The van der Waals surface area contributed by atoms with Crippen molar-refractivity contribution in [1.29, 1.82) is 0 Å². The number of nitrogens with two attached hydrogens (primary N) is 1. The molecule has 0 spiro atoms. The van der Waals surface area contributed by atoms with Gasteiger partial charge in [0.05, 0.1) is 0 Å². The molecule has 0 saturated carbocycles. The van der Waals surface area contributed by atoms with Crippen molar-refractivity contribution in [2.75, 3.05) is 19.3 Å². The number of hydrogen-bond donors (Lipinski definition) is 1. The van der Waals surface area contributed by atoms with Crippen LogP contribution in [-0.2, 0) is 6.54 Å². The average Bonchev–Trinajstić information content (AvgIpc) is 2.32. The number of anilines is 1. The van der Waals surface area contributed by atoms with Crippen molar-refractivity contribution < 1.29 is 0 Å². The zero-order valence-corrected chi connectivity index (χ0v) is 12.6. The normalized spacial score (nSPS) is 13.2. The monoisotopic (exact) mass is 265 g/mol. The highest BCUT2D eigenvalue weighted by Crippen LogP contribution is 2.09. The highest BCUT2D eigenvalue weighted by molar-refractivity contribution is 5.33. The molecule has 0 saturated heterocycles. The SMILES string of the molecule is CC(C)CC(C)N(C)CCCn1cc(N)ccc1=O. The molecule has 0 aliphatic heterocycles. The minimum Gasteiger partial charge on any atom is -0.398 e. The molecule has 0 fully saturated rings. The van der Waals surface area contributed by atoms with Crippen molar-refractivity contribution >= 4 is 5.69 Å². The van der Waals surface area contributed by atoms with Crippen LogP contribution in [0.4, 0.5) is 5.69 Å². The van der Waals surface area contributed by atoms with Gasteiger partial charge in [-0.1, -0.05) is 13.8 Å². The van der Waals surface area contributed by atoms with Gasteiger partial charge in [0, 0.05) is 30.5 Å². The Kier molecular flexibility index (Phi) is 6.09. The van der Waals surface area contributed by atoms with Crippen molar-refractivity contribution in [2.45, 2.75) is 46.2 Å². The Labute approximate surface area is 116 Å². The van der Waals surface area contributed by atoms with Crippen molar-refractivity contribution in [3.63, 3.8) is 0 Å². The molecule has 1 aromatic heterocycles. The largest absolute Gasteiger partial charge is 0.398 e. The van der Waals surface area contributed by atoms with Crippen LogP contribution < -0.4 is 11.3 Å². The van der Waals surface area contributed by atoms with Crippen LogP contribution in [0.15, 0.2) is 23.1 Å². The van der Waals surface area contributed by atoms with Gasteiger partial charge in [-0.05, 0) is 45.3 Å². The first kappa shape index (κ1) is 15.8. The first-order chi connectivity index (χ1) is 8.90. The van der Waals surface area contributed by atoms with E-state index in [-0.39, 0.29) is 5.56 Å². The summed E-state index contributed by atoms with van der Waals surface area (Å²) in [5.41, 5.74) is 6.35. The molecule has 1 unspecified atom stereocenters. The number of aryl methyl sites for hydroxylation is 1. The molecule has 2 N–H and O–H groups in total. The molecule has 0 aliphatic rings. The lowest BCUT2D eigenvalue weighted by Gasteiger charge is -2.26. The molecule has 0 radical (unpaired) electrons. The Bertz CT molecular complexity index is 439. The lowest BCUT2D eigenvalue weighted by molar-refractivity contribution is 0.222. The summed E-state index contributed by atoms with van der Waals surface area (Å²) in [5.74, 6) is 0.717. The van der Waals surface area contributed by atoms with E-state index in [1.54, 1.807) is 16.8 Å². The van der Waals surface area contributed by atoms with Gasteiger partial charge in [-0.2, -0.15) is 0 Å². The molecule has 19 heavy (non-hydrogen) atoms. The fourth-order valence-corrected chi connectivity index (χ4v) is 2.30. The summed E-state index contributed by atoms with van der Waals surface area (Å²) in [5, 5.41) is 0. The fourth-order valence-electron chi connectivity index (χ4n) is 2.30. The van der Waals surface area contributed by atoms with E-state index < -0.39 is 0 Å². The second kappa shape index (κ2) is 7.34. The van der Waals surface area contributed by atoms with Crippen molar-refractivity contribution in [2.24, 2.45) is 5.92 Å². The number of rotatable bonds is 7. The van der Waals surface area contributed by atoms with Crippen LogP contribution >= 0.6 is 0 Å². The second-order valence-electron chi connectivity index (χ2n) is 5.81. The Balaban J connectivity index is 2.41. The van der Waals surface area contributed by atoms with E-state index in [0.29, 0.717) is 17.6 Å². The number of aromatic nitrogens is 1. The molecular formula is C15H27N3O. The standard InChI is InChI=1S/C15H27N3O/c1-12(2)10-13(3)17(4)8-5-9-18-11-14(16)6-7-15(18)19/h6-7,11-13H,5,8-10,16H2,1-4H3. The molecule has 0 bridgehead atoms. The summed E-state index contributed by atoms with van der Waals surface area (Å²) in [6.45, 7) is 8.47. The van der Waals surface area contributed by atoms with Crippen molar-refractivity contribution in [3.05, 3.63) is 28.7 Å². The van der Waals surface area contributed by atoms with Crippen molar-refractivity contribution in [3.8, 4) is 0 Å². The number of nitrogen functional groups attached to an aromatic ring is 1. The summed E-state index contributed by atoms with van der Waals surface area (Å²) >= 11 is 0. The van der Waals surface area contributed by atoms with Gasteiger partial charge in [0.25, 0.3) is 5.56 Å². The highest BCUT2D eigenvalue weighted by atomic mass is 16.1. The predicted octanol–water partition coefficient (Wildman–Crippen LogP) is 2.19. The van der Waals surface area contributed by atoms with E-state index in [2.05, 4.69) is 32.7 Å². The van der Waals surface area contributed by atoms with E-state index in [0.717, 1.165) is 19.5 Å². The van der Waals surface area contributed by atoms with E-state index in [4.69, 9.17) is 5.73 Å². The summed E-state index contributed by atoms with van der Waals surface area (Å²) in [4.78, 5) is 14.0. The molecule has 108 valence electrons. The van der Waals surface area contributed by atoms with Gasteiger partial charge in [0.1, 0.15) is 0 Å². The third kappa shape index (κ3) is 5.47. The third-order valence-corrected chi connectivity index (χ3v) is 3.48. The Morgan fingerprint density at radius 2 is 2.00 bits per heavy atom. The van der Waals surface area contributed by atoms with Gasteiger partial charge < -0.3 is 15.2 Å². The van der Waals surface area contributed by atoms with Crippen LogP contribution in [0.3, 0.4) is 0 Å². The molecule has 4 nitrogen and oxygen atoms in total. The van der Waals surface area contributed by atoms with E-state index in [9.17, 15) is 4.79 Å². The summed E-state index contributed by atoms with van der Waals surface area (Å²) < 4.78 is 1.69. The smallest absolute Gasteiger partial charge is 0.250 e. The van der Waals surface area contributed by atoms with E-state index >= 15 is 0 Å². The zero-order valence-electron chi connectivity index (χ0n) is 12.6. The van der Waals surface area contributed by atoms with Gasteiger partial charge >= 0.3 is 0 Å². The zero-order chi connectivity index (χ0) is 14.4. The minimum atomic E-state index is 0.0204. The summed E-state index contributed by atoms with van der Waals surface area (Å²) in [6, 6.07) is 3.76. The minimum absolute atomic E-state index is 0.0204. The first-order valence-electron chi connectivity index (χ1n) is 7.06. The Morgan fingerprint density at radius 1 is 1.32 bits per heavy atom. The second-order valence-corrected chi connectivity index (χ2v) is 5.81. The molecule has 0 aliphatic carbocycles. The summed E-state index contributed by atoms with van der Waals surface area (Å²) in [7, 11) is 2.15. The van der Waals surface area contributed by atoms with Gasteiger partial charge in [0.2, 0.25) is 0 Å². The molecule has 1 aromatic rings. The van der Waals surface area contributed by atoms with Crippen LogP contribution in [0.5, 0.6) is 0 Å². The first-order valence-corrected chi connectivity index (χ1v) is 7.06. The molecule has 0 aromatic carbocycles. The number of pyridine rings is 1. The van der Waals surface area contributed by atoms with Gasteiger partial charge in [-0.3, -0.25) is 4.79 Å². The highest BCUT2D eigenvalue weighted by Gasteiger charge is 2.10. The number of nitrogens with zero attached hydrogens (tertiary/aromatic N) is 2. The van der Waals surface area contributed by atoms with Crippen LogP contribution in [0.2, 0.25) is 0 Å². The molecule has 4 heteroatoms. The predicted molar refractivity (Wildman–Crippen MR) is 81.3 cm³/mol. The molecular weight excluding hydrogens is 238 g/mol. The van der Waals surface area contributed by atoms with Crippen LogP contribution in [0, 0.1) is 5.92 Å². The average molecular weight is 265 g/mol. The van der Waals surface area contributed by atoms with Crippen molar-refractivity contribution in [1.82, 2.24) is 9.47 Å². The van der Waals surface area contributed by atoms with Crippen LogP contribution in [0.1, 0.15) is 33.6 Å². The van der Waals surface area contributed by atoms with Gasteiger partial charge in [-0.25, -0.2) is 0 Å². The lowest BCUT2D eigenvalue weighted by atomic mass is 10.0. The van der Waals surface area contributed by atoms with Gasteiger partial charge in [-0.15, -0.1) is 0 Å². The van der Waals surface area contributed by atoms with Crippen LogP contribution in [0.25, 0.3) is 0 Å². The maximum Gasteiger partial charge on any atom is 0.250 e. The molecule has 1 atom stereocenters. The van der Waals surface area contributed by atoms with E-state index in [1.807, 2.05) is 0 Å². The summed E-state index contributed by atoms with van der Waals surface area (Å²) in [6.07, 6.45) is 3.89.